The van der Waals surface area contributed by atoms with Crippen LogP contribution in [0.15, 0.2) is 58.8 Å². The van der Waals surface area contributed by atoms with E-state index in [1.165, 1.54) is 15.6 Å². The molecule has 1 aliphatic rings. The molecule has 0 unspecified atom stereocenters. The van der Waals surface area contributed by atoms with Crippen LogP contribution >= 0.6 is 22.9 Å². The summed E-state index contributed by atoms with van der Waals surface area (Å²) in [6, 6.07) is 14.1. The number of thiazole rings is 1. The molecule has 1 N–H and O–H groups in total. The van der Waals surface area contributed by atoms with E-state index in [2.05, 4.69) is 10.3 Å². The van der Waals surface area contributed by atoms with Crippen molar-refractivity contribution < 1.29 is 17.9 Å². The first-order valence-corrected chi connectivity index (χ1v) is 12.8. The minimum atomic E-state index is -3.52. The molecule has 3 aromatic rings. The lowest BCUT2D eigenvalue weighted by atomic mass is 10.1. The lowest BCUT2D eigenvalue weighted by Crippen LogP contribution is -2.40. The SMILES string of the molecule is O=C(CCc1ccc(S(=O)(=O)N2CCOCC2)cc1)Nc1nc(-c2ccccc2Cl)cs1. The van der Waals surface area contributed by atoms with E-state index < -0.39 is 10.0 Å². The van der Waals surface area contributed by atoms with Crippen molar-refractivity contribution in [3.8, 4) is 11.3 Å². The second-order valence-electron chi connectivity index (χ2n) is 7.23. The zero-order valence-corrected chi connectivity index (χ0v) is 19.5. The van der Waals surface area contributed by atoms with Gasteiger partial charge in [-0.1, -0.05) is 41.9 Å². The van der Waals surface area contributed by atoms with E-state index in [0.717, 1.165) is 11.1 Å². The van der Waals surface area contributed by atoms with Crippen LogP contribution in [0.4, 0.5) is 5.13 Å². The number of morpholine rings is 1. The first-order valence-electron chi connectivity index (χ1n) is 10.1. The molecule has 32 heavy (non-hydrogen) atoms. The van der Waals surface area contributed by atoms with Gasteiger partial charge in [0.2, 0.25) is 15.9 Å². The van der Waals surface area contributed by atoms with E-state index in [0.29, 0.717) is 48.6 Å². The van der Waals surface area contributed by atoms with Crippen molar-refractivity contribution in [3.63, 3.8) is 0 Å². The highest BCUT2D eigenvalue weighted by molar-refractivity contribution is 7.89. The molecule has 2 aromatic carbocycles. The Hall–Kier alpha value is -2.30. The Morgan fingerprint density at radius 2 is 1.84 bits per heavy atom. The molecule has 10 heteroatoms. The second kappa shape index (κ2) is 10.1. The number of halogens is 1. The molecular weight excluding hydrogens is 470 g/mol. The molecule has 1 amide bonds. The number of nitrogens with one attached hydrogen (secondary N) is 1. The predicted molar refractivity (Wildman–Crippen MR) is 126 cm³/mol. The minimum absolute atomic E-state index is 0.157. The molecular formula is C22H22ClN3O4S2. The summed E-state index contributed by atoms with van der Waals surface area (Å²) in [7, 11) is -3.52. The van der Waals surface area contributed by atoms with Gasteiger partial charge in [0.1, 0.15) is 0 Å². The van der Waals surface area contributed by atoms with E-state index in [-0.39, 0.29) is 17.2 Å². The van der Waals surface area contributed by atoms with Crippen LogP contribution < -0.4 is 5.32 Å². The third kappa shape index (κ3) is 5.36. The van der Waals surface area contributed by atoms with E-state index in [4.69, 9.17) is 16.3 Å². The third-order valence-electron chi connectivity index (χ3n) is 5.07. The molecule has 0 saturated carbocycles. The van der Waals surface area contributed by atoms with Crippen molar-refractivity contribution >= 4 is 44.0 Å². The molecule has 168 valence electrons. The highest BCUT2D eigenvalue weighted by Gasteiger charge is 2.26. The number of anilines is 1. The van der Waals surface area contributed by atoms with E-state index >= 15 is 0 Å². The molecule has 2 heterocycles. The Bertz CT molecular complexity index is 1190. The zero-order valence-electron chi connectivity index (χ0n) is 17.2. The average Bonchev–Trinajstić information content (AvgIpc) is 3.27. The van der Waals surface area contributed by atoms with Crippen LogP contribution in [0.3, 0.4) is 0 Å². The first-order chi connectivity index (χ1) is 15.4. The standard InChI is InChI=1S/C22H22ClN3O4S2/c23-19-4-2-1-3-18(19)20-15-31-22(24-20)25-21(27)10-7-16-5-8-17(9-6-16)32(28,29)26-11-13-30-14-12-26/h1-6,8-9,15H,7,10-14H2,(H,24,25,27). The number of ether oxygens (including phenoxy) is 1. The summed E-state index contributed by atoms with van der Waals surface area (Å²) >= 11 is 7.55. The second-order valence-corrected chi connectivity index (χ2v) is 10.4. The molecule has 1 aliphatic heterocycles. The van der Waals surface area contributed by atoms with Gasteiger partial charge in [-0.15, -0.1) is 11.3 Å². The lowest BCUT2D eigenvalue weighted by molar-refractivity contribution is -0.116. The maximum atomic E-state index is 12.7. The van der Waals surface area contributed by atoms with Gasteiger partial charge in [0.15, 0.2) is 5.13 Å². The summed E-state index contributed by atoms with van der Waals surface area (Å²) in [4.78, 5) is 17.0. The summed E-state index contributed by atoms with van der Waals surface area (Å²) in [6.45, 7) is 1.54. The molecule has 7 nitrogen and oxygen atoms in total. The number of benzene rings is 2. The Kier molecular flexibility index (Phi) is 7.22. The Balaban J connectivity index is 1.32. The molecule has 1 aromatic heterocycles. The summed E-state index contributed by atoms with van der Waals surface area (Å²) in [5.41, 5.74) is 2.42. The van der Waals surface area contributed by atoms with Crippen molar-refractivity contribution in [2.75, 3.05) is 31.6 Å². The van der Waals surface area contributed by atoms with Crippen LogP contribution in [0.2, 0.25) is 5.02 Å². The van der Waals surface area contributed by atoms with Gasteiger partial charge in [0.05, 0.1) is 23.8 Å². The van der Waals surface area contributed by atoms with Crippen LogP contribution in [-0.2, 0) is 26.0 Å². The largest absolute Gasteiger partial charge is 0.379 e. The van der Waals surface area contributed by atoms with Gasteiger partial charge in [-0.25, -0.2) is 13.4 Å². The topological polar surface area (TPSA) is 88.6 Å². The van der Waals surface area contributed by atoms with Crippen LogP contribution in [0.5, 0.6) is 0 Å². The smallest absolute Gasteiger partial charge is 0.243 e. The highest BCUT2D eigenvalue weighted by Crippen LogP contribution is 2.30. The number of aryl methyl sites for hydroxylation is 1. The number of carbonyl (C=O) groups excluding carboxylic acids is 1. The minimum Gasteiger partial charge on any atom is -0.379 e. The van der Waals surface area contributed by atoms with E-state index in [1.807, 2.05) is 23.6 Å². The third-order valence-corrected chi connectivity index (χ3v) is 8.07. The first kappa shape index (κ1) is 22.9. The van der Waals surface area contributed by atoms with Crippen LogP contribution in [0.1, 0.15) is 12.0 Å². The van der Waals surface area contributed by atoms with E-state index in [9.17, 15) is 13.2 Å². The van der Waals surface area contributed by atoms with Gasteiger partial charge in [-0.2, -0.15) is 4.31 Å². The lowest BCUT2D eigenvalue weighted by Gasteiger charge is -2.26. The Morgan fingerprint density at radius 1 is 1.12 bits per heavy atom. The molecule has 0 radical (unpaired) electrons. The number of aromatic nitrogens is 1. The summed E-state index contributed by atoms with van der Waals surface area (Å²) in [5.74, 6) is -0.157. The van der Waals surface area contributed by atoms with Crippen LogP contribution in [0, 0.1) is 0 Å². The fourth-order valence-corrected chi connectivity index (χ4v) is 5.69. The van der Waals surface area contributed by atoms with Gasteiger partial charge in [0.25, 0.3) is 0 Å². The fourth-order valence-electron chi connectivity index (χ4n) is 3.33. The normalized spacial score (nSPS) is 14.9. The zero-order chi connectivity index (χ0) is 22.6. The van der Waals surface area contributed by atoms with Crippen molar-refractivity contribution in [2.45, 2.75) is 17.7 Å². The van der Waals surface area contributed by atoms with E-state index in [1.54, 1.807) is 30.3 Å². The van der Waals surface area contributed by atoms with Gasteiger partial charge < -0.3 is 10.1 Å². The molecule has 0 aliphatic carbocycles. The maximum absolute atomic E-state index is 12.7. The number of sulfonamides is 1. The van der Waals surface area contributed by atoms with Crippen LogP contribution in [0.25, 0.3) is 11.3 Å². The monoisotopic (exact) mass is 491 g/mol. The van der Waals surface area contributed by atoms with Gasteiger partial charge in [-0.3, -0.25) is 4.79 Å². The molecule has 1 saturated heterocycles. The number of hydrogen-bond donors (Lipinski definition) is 1. The number of hydrogen-bond acceptors (Lipinski definition) is 6. The summed E-state index contributed by atoms with van der Waals surface area (Å²) in [5, 5.41) is 5.78. The quantitative estimate of drug-likeness (QED) is 0.538. The molecule has 0 atom stereocenters. The number of nitrogens with zero attached hydrogens (tertiary/aromatic N) is 2. The maximum Gasteiger partial charge on any atom is 0.243 e. The molecule has 0 spiro atoms. The van der Waals surface area contributed by atoms with Crippen LogP contribution in [-0.4, -0.2) is 49.9 Å². The van der Waals surface area contributed by atoms with Gasteiger partial charge in [-0.05, 0) is 30.2 Å². The predicted octanol–water partition coefficient (Wildman–Crippen LogP) is 4.06. The molecule has 4 rings (SSSR count). The number of amides is 1. The van der Waals surface area contributed by atoms with Gasteiger partial charge >= 0.3 is 0 Å². The van der Waals surface area contributed by atoms with Crippen molar-refractivity contribution in [3.05, 3.63) is 64.5 Å². The summed E-state index contributed by atoms with van der Waals surface area (Å²) < 4.78 is 32.0. The van der Waals surface area contributed by atoms with Crippen molar-refractivity contribution in [1.29, 1.82) is 0 Å². The van der Waals surface area contributed by atoms with Crippen molar-refractivity contribution in [2.24, 2.45) is 0 Å². The van der Waals surface area contributed by atoms with Gasteiger partial charge in [0, 0.05) is 35.5 Å². The number of carbonyl (C=O) groups is 1. The molecule has 1 fully saturated rings. The molecule has 0 bridgehead atoms. The Morgan fingerprint density at radius 3 is 2.56 bits per heavy atom. The average molecular weight is 492 g/mol. The fraction of sp³-hybridized carbons (Fsp3) is 0.273. The highest BCUT2D eigenvalue weighted by atomic mass is 35.5. The summed E-state index contributed by atoms with van der Waals surface area (Å²) in [6.07, 6.45) is 0.753. The van der Waals surface area contributed by atoms with Crippen molar-refractivity contribution in [1.82, 2.24) is 9.29 Å². The Labute approximate surface area is 196 Å². The number of rotatable bonds is 7.